The monoisotopic (exact) mass is 241 g/mol. The largest absolute Gasteiger partial charge is 0.497 e. The Labute approximate surface area is 106 Å². The number of nitrogens with one attached hydrogen (secondary N) is 2. The lowest BCUT2D eigenvalue weighted by Crippen LogP contribution is -1.99. The molecule has 0 saturated carbocycles. The predicted octanol–water partition coefficient (Wildman–Crippen LogP) is 3.97. The van der Waals surface area contributed by atoms with Gasteiger partial charge in [-0.2, -0.15) is 5.11 Å². The molecule has 0 unspecified atom stereocenters. The molecule has 0 radical (unpaired) electrons. The van der Waals surface area contributed by atoms with Gasteiger partial charge in [0.1, 0.15) is 11.4 Å². The fourth-order valence-electron chi connectivity index (χ4n) is 1.67. The van der Waals surface area contributed by atoms with E-state index in [1.807, 2.05) is 42.5 Å². The van der Waals surface area contributed by atoms with E-state index in [9.17, 15) is 0 Å². The molecule has 0 atom stereocenters. The molecule has 0 aliphatic carbocycles. The van der Waals surface area contributed by atoms with Gasteiger partial charge in [-0.1, -0.05) is 30.3 Å². The molecule has 2 aromatic carbocycles. The zero-order chi connectivity index (χ0) is 12.8. The molecule has 0 aliphatic heterocycles. The van der Waals surface area contributed by atoms with E-state index in [2.05, 4.69) is 10.4 Å². The van der Waals surface area contributed by atoms with Crippen molar-refractivity contribution in [2.45, 2.75) is 6.54 Å². The summed E-state index contributed by atoms with van der Waals surface area (Å²) in [5, 5.41) is 6.76. The van der Waals surface area contributed by atoms with Crippen molar-refractivity contribution in [2.75, 3.05) is 12.4 Å². The highest BCUT2D eigenvalue weighted by Crippen LogP contribution is 2.29. The Hall–Kier alpha value is -2.36. The highest BCUT2D eigenvalue weighted by Gasteiger charge is 2.03. The maximum atomic E-state index is 7.17. The van der Waals surface area contributed by atoms with Crippen molar-refractivity contribution in [3.8, 4) is 5.75 Å². The lowest BCUT2D eigenvalue weighted by Gasteiger charge is -2.10. The quantitative estimate of drug-likeness (QED) is 0.778. The van der Waals surface area contributed by atoms with E-state index < -0.39 is 0 Å². The van der Waals surface area contributed by atoms with Gasteiger partial charge >= 0.3 is 0 Å². The topological polar surface area (TPSA) is 57.5 Å². The maximum absolute atomic E-state index is 7.17. The molecule has 2 aromatic rings. The van der Waals surface area contributed by atoms with E-state index in [0.29, 0.717) is 18.0 Å². The lowest BCUT2D eigenvalue weighted by molar-refractivity contribution is 0.415. The van der Waals surface area contributed by atoms with Crippen molar-refractivity contribution >= 4 is 11.4 Å². The molecular weight excluding hydrogens is 226 g/mol. The molecule has 2 rings (SSSR count). The second kappa shape index (κ2) is 5.82. The average Bonchev–Trinajstić information content (AvgIpc) is 2.46. The Morgan fingerprint density at radius 1 is 1.17 bits per heavy atom. The zero-order valence-electron chi connectivity index (χ0n) is 10.2. The molecule has 92 valence electrons. The summed E-state index contributed by atoms with van der Waals surface area (Å²) in [6, 6.07) is 15.5. The molecule has 0 aromatic heterocycles. The summed E-state index contributed by atoms with van der Waals surface area (Å²) in [7, 11) is 1.60. The van der Waals surface area contributed by atoms with Crippen LogP contribution >= 0.6 is 0 Å². The Balaban J connectivity index is 2.12. The van der Waals surface area contributed by atoms with Gasteiger partial charge in [-0.15, -0.1) is 0 Å². The van der Waals surface area contributed by atoms with Crippen LogP contribution in [0.3, 0.4) is 0 Å². The molecular formula is C14H15N3O. The maximum Gasteiger partial charge on any atom is 0.121 e. The van der Waals surface area contributed by atoms with Crippen LogP contribution in [-0.2, 0) is 6.54 Å². The number of nitrogens with zero attached hydrogens (tertiary/aromatic N) is 1. The van der Waals surface area contributed by atoms with Gasteiger partial charge in [-0.25, -0.2) is 5.53 Å². The van der Waals surface area contributed by atoms with Crippen LogP contribution < -0.4 is 10.1 Å². The first-order chi connectivity index (χ1) is 8.83. The van der Waals surface area contributed by atoms with E-state index in [1.165, 1.54) is 5.56 Å². The van der Waals surface area contributed by atoms with Gasteiger partial charge in [0, 0.05) is 12.6 Å². The minimum absolute atomic E-state index is 0.574. The van der Waals surface area contributed by atoms with Gasteiger partial charge in [0.15, 0.2) is 0 Å². The Morgan fingerprint density at radius 3 is 2.61 bits per heavy atom. The SMILES string of the molecule is COc1ccc(NCc2ccccc2)c(N=N)c1. The van der Waals surface area contributed by atoms with E-state index in [0.717, 1.165) is 5.69 Å². The first-order valence-electron chi connectivity index (χ1n) is 5.67. The molecule has 0 heterocycles. The second-order valence-electron chi connectivity index (χ2n) is 3.83. The number of ether oxygens (including phenoxy) is 1. The Bertz CT molecular complexity index is 526. The van der Waals surface area contributed by atoms with Crippen LogP contribution in [-0.4, -0.2) is 7.11 Å². The summed E-state index contributed by atoms with van der Waals surface area (Å²) in [6.45, 7) is 0.704. The van der Waals surface area contributed by atoms with E-state index >= 15 is 0 Å². The molecule has 4 heteroatoms. The third-order valence-corrected chi connectivity index (χ3v) is 2.65. The summed E-state index contributed by atoms with van der Waals surface area (Å²) in [4.78, 5) is 0. The summed E-state index contributed by atoms with van der Waals surface area (Å²) >= 11 is 0. The van der Waals surface area contributed by atoms with E-state index in [4.69, 9.17) is 10.3 Å². The van der Waals surface area contributed by atoms with Gasteiger partial charge in [0.05, 0.1) is 12.8 Å². The Morgan fingerprint density at radius 2 is 1.94 bits per heavy atom. The normalized spacial score (nSPS) is 9.83. The van der Waals surface area contributed by atoms with Crippen molar-refractivity contribution in [1.29, 1.82) is 5.53 Å². The number of benzene rings is 2. The van der Waals surface area contributed by atoms with Crippen LogP contribution in [0.25, 0.3) is 0 Å². The number of methoxy groups -OCH3 is 1. The third kappa shape index (κ3) is 2.85. The highest BCUT2D eigenvalue weighted by atomic mass is 16.5. The van der Waals surface area contributed by atoms with Crippen LogP contribution in [0, 0.1) is 5.53 Å². The second-order valence-corrected chi connectivity index (χ2v) is 3.83. The number of anilines is 1. The summed E-state index contributed by atoms with van der Waals surface area (Å²) in [6.07, 6.45) is 0. The minimum atomic E-state index is 0.574. The fraction of sp³-hybridized carbons (Fsp3) is 0.143. The molecule has 18 heavy (non-hydrogen) atoms. The molecule has 0 aliphatic rings. The first-order valence-corrected chi connectivity index (χ1v) is 5.67. The fourth-order valence-corrected chi connectivity index (χ4v) is 1.67. The van der Waals surface area contributed by atoms with Gasteiger partial charge in [-0.05, 0) is 17.7 Å². The van der Waals surface area contributed by atoms with Crippen molar-refractivity contribution < 1.29 is 4.74 Å². The third-order valence-electron chi connectivity index (χ3n) is 2.65. The van der Waals surface area contributed by atoms with Crippen molar-refractivity contribution in [3.63, 3.8) is 0 Å². The summed E-state index contributed by atoms with van der Waals surface area (Å²) in [5.74, 6) is 0.700. The van der Waals surface area contributed by atoms with Crippen LogP contribution in [0.4, 0.5) is 11.4 Å². The first kappa shape index (κ1) is 12.1. The predicted molar refractivity (Wildman–Crippen MR) is 71.6 cm³/mol. The average molecular weight is 241 g/mol. The van der Waals surface area contributed by atoms with Crippen molar-refractivity contribution in [2.24, 2.45) is 5.11 Å². The van der Waals surface area contributed by atoms with E-state index in [-0.39, 0.29) is 0 Å². The Kier molecular flexibility index (Phi) is 3.91. The van der Waals surface area contributed by atoms with Crippen molar-refractivity contribution in [1.82, 2.24) is 0 Å². The van der Waals surface area contributed by atoms with Crippen LogP contribution in [0.5, 0.6) is 5.75 Å². The molecule has 4 nitrogen and oxygen atoms in total. The van der Waals surface area contributed by atoms with Gasteiger partial charge in [0.2, 0.25) is 0 Å². The van der Waals surface area contributed by atoms with Gasteiger partial charge in [-0.3, -0.25) is 0 Å². The molecule has 0 saturated heterocycles. The number of hydrogen-bond donors (Lipinski definition) is 2. The molecule has 0 bridgehead atoms. The summed E-state index contributed by atoms with van der Waals surface area (Å²) < 4.78 is 5.10. The zero-order valence-corrected chi connectivity index (χ0v) is 10.2. The molecule has 2 N–H and O–H groups in total. The highest BCUT2D eigenvalue weighted by molar-refractivity contribution is 5.67. The standard InChI is InChI=1S/C14H15N3O/c1-18-12-7-8-13(14(9-12)17-15)16-10-11-5-3-2-4-6-11/h2-9,15-16H,10H2,1H3. The molecule has 0 fully saturated rings. The lowest BCUT2D eigenvalue weighted by atomic mass is 10.2. The van der Waals surface area contributed by atoms with Gasteiger partial charge in [0.25, 0.3) is 0 Å². The van der Waals surface area contributed by atoms with Crippen molar-refractivity contribution in [3.05, 3.63) is 54.1 Å². The molecule has 0 amide bonds. The minimum Gasteiger partial charge on any atom is -0.497 e. The van der Waals surface area contributed by atoms with Gasteiger partial charge < -0.3 is 10.1 Å². The van der Waals surface area contributed by atoms with Crippen LogP contribution in [0.2, 0.25) is 0 Å². The summed E-state index contributed by atoms with van der Waals surface area (Å²) in [5.41, 5.74) is 9.76. The smallest absolute Gasteiger partial charge is 0.121 e. The number of hydrogen-bond acceptors (Lipinski definition) is 4. The van der Waals surface area contributed by atoms with Crippen LogP contribution in [0.1, 0.15) is 5.56 Å². The van der Waals surface area contributed by atoms with Crippen LogP contribution in [0.15, 0.2) is 53.6 Å². The molecule has 0 spiro atoms. The number of rotatable bonds is 5. The van der Waals surface area contributed by atoms with E-state index in [1.54, 1.807) is 13.2 Å².